The molecule has 1 amide bonds. The lowest BCUT2D eigenvalue weighted by molar-refractivity contribution is -0.384. The first-order valence-electron chi connectivity index (χ1n) is 6.30. The molecule has 1 rings (SSSR count). The number of nitrogens with one attached hydrogen (secondary N) is 1. The molecule has 0 aliphatic rings. The maximum atomic E-state index is 12.2. The van der Waals surface area contributed by atoms with E-state index in [-0.39, 0.29) is 11.6 Å². The minimum atomic E-state index is -0.487. The Labute approximate surface area is 112 Å². The molecule has 0 fully saturated rings. The van der Waals surface area contributed by atoms with Crippen LogP contribution in [0.5, 0.6) is 0 Å². The molecule has 0 spiro atoms. The number of nitro benzene ring substituents is 1. The topological polar surface area (TPSA) is 75.5 Å². The van der Waals surface area contributed by atoms with Crippen molar-refractivity contribution in [2.45, 2.75) is 20.3 Å². The van der Waals surface area contributed by atoms with Crippen molar-refractivity contribution in [1.82, 2.24) is 4.90 Å². The van der Waals surface area contributed by atoms with Gasteiger partial charge in [-0.2, -0.15) is 0 Å². The number of carbonyl (C=O) groups excluding carboxylic acids is 1. The zero-order chi connectivity index (χ0) is 14.4. The van der Waals surface area contributed by atoms with Crippen LogP contribution in [-0.4, -0.2) is 35.9 Å². The van der Waals surface area contributed by atoms with E-state index in [0.29, 0.717) is 24.3 Å². The number of rotatable bonds is 6. The van der Waals surface area contributed by atoms with Crippen molar-refractivity contribution in [2.75, 3.05) is 25.5 Å². The van der Waals surface area contributed by atoms with Crippen molar-refractivity contribution in [3.05, 3.63) is 33.9 Å². The van der Waals surface area contributed by atoms with Gasteiger partial charge in [-0.15, -0.1) is 0 Å². The molecule has 1 N–H and O–H groups in total. The first-order chi connectivity index (χ1) is 9.04. The van der Waals surface area contributed by atoms with Crippen molar-refractivity contribution in [3.63, 3.8) is 0 Å². The van der Waals surface area contributed by atoms with Gasteiger partial charge in [0.05, 0.1) is 4.92 Å². The molecule has 0 aliphatic heterocycles. The van der Waals surface area contributed by atoms with E-state index >= 15 is 0 Å². The highest BCUT2D eigenvalue weighted by Crippen LogP contribution is 2.25. The van der Waals surface area contributed by atoms with Crippen LogP contribution in [0.2, 0.25) is 0 Å². The second-order valence-corrected chi connectivity index (χ2v) is 4.12. The van der Waals surface area contributed by atoms with Gasteiger partial charge in [0, 0.05) is 31.8 Å². The maximum Gasteiger partial charge on any atom is 0.293 e. The molecule has 6 nitrogen and oxygen atoms in total. The molecule has 1 aromatic carbocycles. The molecule has 0 heterocycles. The van der Waals surface area contributed by atoms with E-state index in [2.05, 4.69) is 5.32 Å². The summed E-state index contributed by atoms with van der Waals surface area (Å²) in [4.78, 5) is 24.4. The van der Waals surface area contributed by atoms with Crippen LogP contribution < -0.4 is 5.32 Å². The average Bonchev–Trinajstić information content (AvgIpc) is 2.43. The van der Waals surface area contributed by atoms with Crippen molar-refractivity contribution in [3.8, 4) is 0 Å². The molecule has 19 heavy (non-hydrogen) atoms. The van der Waals surface area contributed by atoms with E-state index in [1.54, 1.807) is 24.1 Å². The molecule has 0 radical (unpaired) electrons. The standard InChI is InChI=1S/C13H19N3O3/c1-4-8-15(5-2)13(17)10-6-7-11(14-3)12(9-10)16(18)19/h6-7,9,14H,4-5,8H2,1-3H3. The van der Waals surface area contributed by atoms with Gasteiger partial charge in [0.2, 0.25) is 0 Å². The van der Waals surface area contributed by atoms with Crippen LogP contribution in [0.25, 0.3) is 0 Å². The molecule has 0 atom stereocenters. The predicted molar refractivity (Wildman–Crippen MR) is 74.5 cm³/mol. The summed E-state index contributed by atoms with van der Waals surface area (Å²) in [7, 11) is 1.61. The lowest BCUT2D eigenvalue weighted by Crippen LogP contribution is -2.31. The minimum Gasteiger partial charge on any atom is -0.383 e. The third-order valence-electron chi connectivity index (χ3n) is 2.87. The van der Waals surface area contributed by atoms with Gasteiger partial charge >= 0.3 is 0 Å². The molecule has 0 saturated heterocycles. The largest absolute Gasteiger partial charge is 0.383 e. The van der Waals surface area contributed by atoms with Crippen LogP contribution in [0.3, 0.4) is 0 Å². The van der Waals surface area contributed by atoms with E-state index < -0.39 is 4.92 Å². The van der Waals surface area contributed by atoms with Crippen LogP contribution in [0.15, 0.2) is 18.2 Å². The highest BCUT2D eigenvalue weighted by molar-refractivity contribution is 5.95. The summed E-state index contributed by atoms with van der Waals surface area (Å²) >= 11 is 0. The second-order valence-electron chi connectivity index (χ2n) is 4.12. The fraction of sp³-hybridized carbons (Fsp3) is 0.462. The molecule has 0 saturated carbocycles. The number of amides is 1. The van der Waals surface area contributed by atoms with Crippen LogP contribution in [0, 0.1) is 10.1 Å². The van der Waals surface area contributed by atoms with E-state index in [4.69, 9.17) is 0 Å². The third kappa shape index (κ3) is 3.43. The summed E-state index contributed by atoms with van der Waals surface area (Å²) in [6.07, 6.45) is 0.857. The number of carbonyl (C=O) groups is 1. The number of nitro groups is 1. The normalized spacial score (nSPS) is 10.1. The average molecular weight is 265 g/mol. The van der Waals surface area contributed by atoms with Gasteiger partial charge in [-0.1, -0.05) is 6.92 Å². The second kappa shape index (κ2) is 6.72. The van der Waals surface area contributed by atoms with Gasteiger partial charge in [0.1, 0.15) is 5.69 Å². The summed E-state index contributed by atoms with van der Waals surface area (Å²) in [6, 6.07) is 4.50. The highest BCUT2D eigenvalue weighted by atomic mass is 16.6. The third-order valence-corrected chi connectivity index (χ3v) is 2.87. The number of hydrogen-bond donors (Lipinski definition) is 1. The molecule has 104 valence electrons. The molecule has 0 unspecified atom stereocenters. The van der Waals surface area contributed by atoms with E-state index in [1.165, 1.54) is 6.07 Å². The molecule has 6 heteroatoms. The monoisotopic (exact) mass is 265 g/mol. The first kappa shape index (κ1) is 14.9. The number of benzene rings is 1. The van der Waals surface area contributed by atoms with Crippen molar-refractivity contribution in [2.24, 2.45) is 0 Å². The van der Waals surface area contributed by atoms with Gasteiger partial charge in [0.15, 0.2) is 0 Å². The fourth-order valence-electron chi connectivity index (χ4n) is 1.88. The lowest BCUT2D eigenvalue weighted by Gasteiger charge is -2.20. The predicted octanol–water partition coefficient (Wildman–Crippen LogP) is 2.51. The molecular weight excluding hydrogens is 246 g/mol. The minimum absolute atomic E-state index is 0.0825. The molecular formula is C13H19N3O3. The quantitative estimate of drug-likeness (QED) is 0.633. The maximum absolute atomic E-state index is 12.2. The zero-order valence-corrected chi connectivity index (χ0v) is 11.5. The highest BCUT2D eigenvalue weighted by Gasteiger charge is 2.19. The smallest absolute Gasteiger partial charge is 0.293 e. The van der Waals surface area contributed by atoms with Crippen molar-refractivity contribution < 1.29 is 9.72 Å². The van der Waals surface area contributed by atoms with Gasteiger partial charge in [0.25, 0.3) is 11.6 Å². The Balaban J connectivity index is 3.10. The number of anilines is 1. The lowest BCUT2D eigenvalue weighted by atomic mass is 10.1. The Hall–Kier alpha value is -2.11. The van der Waals surface area contributed by atoms with Gasteiger partial charge in [-0.3, -0.25) is 14.9 Å². The zero-order valence-electron chi connectivity index (χ0n) is 11.5. The molecule has 1 aromatic rings. The van der Waals surface area contributed by atoms with Gasteiger partial charge in [-0.05, 0) is 25.5 Å². The van der Waals surface area contributed by atoms with E-state index in [9.17, 15) is 14.9 Å². The van der Waals surface area contributed by atoms with Crippen LogP contribution >= 0.6 is 0 Å². The molecule has 0 bridgehead atoms. The van der Waals surface area contributed by atoms with Crippen molar-refractivity contribution in [1.29, 1.82) is 0 Å². The van der Waals surface area contributed by atoms with E-state index in [0.717, 1.165) is 6.42 Å². The molecule has 0 aliphatic carbocycles. The van der Waals surface area contributed by atoms with Gasteiger partial charge in [-0.25, -0.2) is 0 Å². The summed E-state index contributed by atoms with van der Waals surface area (Å²) < 4.78 is 0. The van der Waals surface area contributed by atoms with E-state index in [1.807, 2.05) is 13.8 Å². The Kier molecular flexibility index (Phi) is 5.29. The Morgan fingerprint density at radius 1 is 1.42 bits per heavy atom. The van der Waals surface area contributed by atoms with Crippen LogP contribution in [0.1, 0.15) is 30.6 Å². The summed E-state index contributed by atoms with van der Waals surface area (Å²) in [5, 5.41) is 13.7. The number of hydrogen-bond acceptors (Lipinski definition) is 4. The summed E-state index contributed by atoms with van der Waals surface area (Å²) in [5.74, 6) is -0.171. The Bertz CT molecular complexity index is 474. The Morgan fingerprint density at radius 2 is 2.11 bits per heavy atom. The Morgan fingerprint density at radius 3 is 2.58 bits per heavy atom. The van der Waals surface area contributed by atoms with Crippen LogP contribution in [0.4, 0.5) is 11.4 Å². The van der Waals surface area contributed by atoms with Crippen LogP contribution in [-0.2, 0) is 0 Å². The first-order valence-corrected chi connectivity index (χ1v) is 6.30. The molecule has 0 aromatic heterocycles. The summed E-state index contributed by atoms with van der Waals surface area (Å²) in [5.41, 5.74) is 0.669. The van der Waals surface area contributed by atoms with Gasteiger partial charge < -0.3 is 10.2 Å². The van der Waals surface area contributed by atoms with Crippen molar-refractivity contribution >= 4 is 17.3 Å². The number of nitrogens with zero attached hydrogens (tertiary/aromatic N) is 2. The summed E-state index contributed by atoms with van der Waals surface area (Å²) in [6.45, 7) is 5.12. The SMILES string of the molecule is CCCN(CC)C(=O)c1ccc(NC)c([N+](=O)[O-])c1. The fourth-order valence-corrected chi connectivity index (χ4v) is 1.88.